The van der Waals surface area contributed by atoms with Crippen molar-refractivity contribution in [2.45, 2.75) is 46.1 Å². The van der Waals surface area contributed by atoms with E-state index < -0.39 is 17.5 Å². The van der Waals surface area contributed by atoms with Gasteiger partial charge in [0, 0.05) is 5.69 Å². The van der Waals surface area contributed by atoms with Gasteiger partial charge >= 0.3 is 12.0 Å². The van der Waals surface area contributed by atoms with Gasteiger partial charge in [-0.15, -0.1) is 0 Å². The summed E-state index contributed by atoms with van der Waals surface area (Å²) in [6.07, 6.45) is 0.665. The van der Waals surface area contributed by atoms with E-state index in [-0.39, 0.29) is 0 Å². The quantitative estimate of drug-likeness (QED) is 0.774. The predicted octanol–water partition coefficient (Wildman–Crippen LogP) is 3.07. The van der Waals surface area contributed by atoms with E-state index in [1.807, 2.05) is 26.0 Å². The number of carboxylic acids is 1. The Morgan fingerprint density at radius 3 is 2.20 bits per heavy atom. The maximum atomic E-state index is 12.0. The third-order valence-electron chi connectivity index (χ3n) is 3.73. The molecular weight excluding hydrogens is 256 g/mol. The maximum absolute atomic E-state index is 12.0. The van der Waals surface area contributed by atoms with E-state index in [1.54, 1.807) is 19.9 Å². The van der Waals surface area contributed by atoms with E-state index >= 15 is 0 Å². The van der Waals surface area contributed by atoms with Crippen LogP contribution in [-0.4, -0.2) is 22.6 Å². The fourth-order valence-electron chi connectivity index (χ4n) is 1.98. The summed E-state index contributed by atoms with van der Waals surface area (Å²) in [5.41, 5.74) is 1.64. The molecule has 20 heavy (non-hydrogen) atoms. The molecular formula is C15H22N2O3. The maximum Gasteiger partial charge on any atom is 0.329 e. The van der Waals surface area contributed by atoms with Crippen LogP contribution in [0, 0.1) is 13.8 Å². The summed E-state index contributed by atoms with van der Waals surface area (Å²) in [5.74, 6) is -1.02. The normalized spacial score (nSPS) is 11.0. The van der Waals surface area contributed by atoms with Crippen LogP contribution < -0.4 is 10.6 Å². The lowest BCUT2D eigenvalue weighted by Crippen LogP contribution is -2.54. The number of aliphatic carboxylic acids is 1. The zero-order valence-corrected chi connectivity index (χ0v) is 12.4. The molecule has 0 aliphatic heterocycles. The molecule has 1 aromatic rings. The number of carboxylic acid groups (broad SMARTS) is 1. The molecule has 1 aromatic carbocycles. The zero-order chi connectivity index (χ0) is 15.3. The summed E-state index contributed by atoms with van der Waals surface area (Å²) in [7, 11) is 0. The summed E-state index contributed by atoms with van der Waals surface area (Å²) in [5, 5.41) is 14.5. The Kier molecular flexibility index (Phi) is 5.13. The monoisotopic (exact) mass is 278 g/mol. The SMILES string of the molecule is CCC(CC)(NC(=O)Nc1ccc(C)c(C)c1)C(=O)O. The van der Waals surface area contributed by atoms with Crippen molar-refractivity contribution < 1.29 is 14.7 Å². The van der Waals surface area contributed by atoms with Crippen LogP contribution in [0.3, 0.4) is 0 Å². The van der Waals surface area contributed by atoms with Gasteiger partial charge in [-0.1, -0.05) is 19.9 Å². The van der Waals surface area contributed by atoms with Crippen molar-refractivity contribution in [2.75, 3.05) is 5.32 Å². The Balaban J connectivity index is 2.80. The number of carbonyl (C=O) groups is 2. The molecule has 0 radical (unpaired) electrons. The number of carbonyl (C=O) groups excluding carboxylic acids is 1. The lowest BCUT2D eigenvalue weighted by Gasteiger charge is -2.28. The Morgan fingerprint density at radius 2 is 1.75 bits per heavy atom. The highest BCUT2D eigenvalue weighted by molar-refractivity contribution is 5.94. The molecule has 2 amide bonds. The number of rotatable bonds is 5. The Bertz CT molecular complexity index is 508. The van der Waals surface area contributed by atoms with Gasteiger partial charge in [0.1, 0.15) is 5.54 Å². The first kappa shape index (κ1) is 16.0. The molecule has 1 rings (SSSR count). The standard InChI is InChI=1S/C15H22N2O3/c1-5-15(6-2,13(18)19)17-14(20)16-12-8-7-10(3)11(4)9-12/h7-9H,5-6H2,1-4H3,(H,18,19)(H2,16,17,20). The second-order valence-electron chi connectivity index (χ2n) is 4.97. The molecule has 0 spiro atoms. The molecule has 0 fully saturated rings. The van der Waals surface area contributed by atoms with Gasteiger partial charge < -0.3 is 15.7 Å². The molecule has 0 aliphatic rings. The first-order valence-corrected chi connectivity index (χ1v) is 6.74. The number of amides is 2. The molecule has 0 atom stereocenters. The van der Waals surface area contributed by atoms with E-state index in [2.05, 4.69) is 10.6 Å². The molecule has 3 N–H and O–H groups in total. The topological polar surface area (TPSA) is 78.4 Å². The molecule has 0 saturated heterocycles. The molecule has 0 unspecified atom stereocenters. The molecule has 0 saturated carbocycles. The first-order valence-electron chi connectivity index (χ1n) is 6.74. The molecule has 5 nitrogen and oxygen atoms in total. The van der Waals surface area contributed by atoms with Crippen molar-refractivity contribution in [3.63, 3.8) is 0 Å². The summed E-state index contributed by atoms with van der Waals surface area (Å²) in [6, 6.07) is 5.06. The lowest BCUT2D eigenvalue weighted by molar-refractivity contribution is -0.144. The summed E-state index contributed by atoms with van der Waals surface area (Å²) in [6.45, 7) is 7.43. The van der Waals surface area contributed by atoms with Crippen molar-refractivity contribution in [2.24, 2.45) is 0 Å². The van der Waals surface area contributed by atoms with Gasteiger partial charge in [0.05, 0.1) is 0 Å². The Morgan fingerprint density at radius 1 is 1.15 bits per heavy atom. The fraction of sp³-hybridized carbons (Fsp3) is 0.467. The van der Waals surface area contributed by atoms with E-state index in [0.29, 0.717) is 18.5 Å². The summed E-state index contributed by atoms with van der Waals surface area (Å²) >= 11 is 0. The highest BCUT2D eigenvalue weighted by atomic mass is 16.4. The minimum absolute atomic E-state index is 0.333. The van der Waals surface area contributed by atoms with E-state index in [4.69, 9.17) is 0 Å². The van der Waals surface area contributed by atoms with Crippen LogP contribution in [0.25, 0.3) is 0 Å². The van der Waals surface area contributed by atoms with E-state index in [1.165, 1.54) is 0 Å². The first-order chi connectivity index (χ1) is 9.34. The van der Waals surface area contributed by atoms with Crippen LogP contribution in [0.2, 0.25) is 0 Å². The van der Waals surface area contributed by atoms with Crippen LogP contribution in [0.4, 0.5) is 10.5 Å². The Hall–Kier alpha value is -2.04. The number of aryl methyl sites for hydroxylation is 2. The van der Waals surface area contributed by atoms with Crippen molar-refractivity contribution in [3.05, 3.63) is 29.3 Å². The fourth-order valence-corrected chi connectivity index (χ4v) is 1.98. The largest absolute Gasteiger partial charge is 0.480 e. The third kappa shape index (κ3) is 3.50. The molecule has 0 heterocycles. The number of hydrogen-bond acceptors (Lipinski definition) is 2. The smallest absolute Gasteiger partial charge is 0.329 e. The highest BCUT2D eigenvalue weighted by Crippen LogP contribution is 2.17. The minimum Gasteiger partial charge on any atom is -0.480 e. The van der Waals surface area contributed by atoms with E-state index in [9.17, 15) is 14.7 Å². The number of nitrogens with one attached hydrogen (secondary N) is 2. The third-order valence-corrected chi connectivity index (χ3v) is 3.73. The van der Waals surface area contributed by atoms with Gasteiger partial charge in [-0.25, -0.2) is 9.59 Å². The summed E-state index contributed by atoms with van der Waals surface area (Å²) < 4.78 is 0. The molecule has 110 valence electrons. The number of anilines is 1. The van der Waals surface area contributed by atoms with Crippen molar-refractivity contribution in [1.82, 2.24) is 5.32 Å². The zero-order valence-electron chi connectivity index (χ0n) is 12.4. The minimum atomic E-state index is -1.22. The van der Waals surface area contributed by atoms with Gasteiger partial charge in [-0.2, -0.15) is 0 Å². The van der Waals surface area contributed by atoms with Gasteiger partial charge in [0.15, 0.2) is 0 Å². The second kappa shape index (κ2) is 6.41. The van der Waals surface area contributed by atoms with Crippen LogP contribution in [0.15, 0.2) is 18.2 Å². The second-order valence-corrected chi connectivity index (χ2v) is 4.97. The predicted molar refractivity (Wildman–Crippen MR) is 79.0 cm³/mol. The average Bonchev–Trinajstić information content (AvgIpc) is 2.40. The van der Waals surface area contributed by atoms with Gasteiger partial charge in [-0.3, -0.25) is 0 Å². The molecule has 0 bridgehead atoms. The average molecular weight is 278 g/mol. The van der Waals surface area contributed by atoms with Crippen LogP contribution in [0.1, 0.15) is 37.8 Å². The lowest BCUT2D eigenvalue weighted by atomic mass is 9.93. The summed E-state index contributed by atoms with van der Waals surface area (Å²) in [4.78, 5) is 23.3. The van der Waals surface area contributed by atoms with Crippen LogP contribution in [0.5, 0.6) is 0 Å². The number of benzene rings is 1. The molecule has 0 aromatic heterocycles. The molecule has 0 aliphatic carbocycles. The Labute approximate surface area is 119 Å². The van der Waals surface area contributed by atoms with Crippen molar-refractivity contribution in [1.29, 1.82) is 0 Å². The van der Waals surface area contributed by atoms with Gasteiger partial charge in [-0.05, 0) is 49.9 Å². The number of urea groups is 1. The van der Waals surface area contributed by atoms with E-state index in [0.717, 1.165) is 11.1 Å². The van der Waals surface area contributed by atoms with Crippen molar-refractivity contribution in [3.8, 4) is 0 Å². The van der Waals surface area contributed by atoms with Crippen molar-refractivity contribution >= 4 is 17.7 Å². The van der Waals surface area contributed by atoms with Crippen LogP contribution in [-0.2, 0) is 4.79 Å². The highest BCUT2D eigenvalue weighted by Gasteiger charge is 2.36. The van der Waals surface area contributed by atoms with Crippen LogP contribution >= 0.6 is 0 Å². The van der Waals surface area contributed by atoms with Gasteiger partial charge in [0.25, 0.3) is 0 Å². The number of hydrogen-bond donors (Lipinski definition) is 3. The molecule has 5 heteroatoms. The van der Waals surface area contributed by atoms with Gasteiger partial charge in [0.2, 0.25) is 0 Å².